The van der Waals surface area contributed by atoms with Crippen molar-refractivity contribution in [1.29, 1.82) is 0 Å². The van der Waals surface area contributed by atoms with Gasteiger partial charge >= 0.3 is 0 Å². The van der Waals surface area contributed by atoms with Gasteiger partial charge in [-0.3, -0.25) is 9.59 Å². The van der Waals surface area contributed by atoms with Crippen molar-refractivity contribution in [2.24, 2.45) is 0 Å². The molecule has 0 aliphatic carbocycles. The maximum Gasteiger partial charge on any atom is 0.251 e. The third kappa shape index (κ3) is 2.72. The summed E-state index contributed by atoms with van der Waals surface area (Å²) in [5.74, 6) is -0.170. The zero-order chi connectivity index (χ0) is 16.6. The Morgan fingerprint density at radius 2 is 1.91 bits per heavy atom. The first kappa shape index (κ1) is 15.3. The third-order valence-electron chi connectivity index (χ3n) is 4.47. The van der Waals surface area contributed by atoms with E-state index in [2.05, 4.69) is 10.6 Å². The number of aryl methyl sites for hydroxylation is 1. The lowest BCUT2D eigenvalue weighted by Gasteiger charge is -2.16. The zero-order valence-corrected chi connectivity index (χ0v) is 13.6. The maximum absolute atomic E-state index is 12.4. The molecule has 2 amide bonds. The summed E-state index contributed by atoms with van der Waals surface area (Å²) in [5.41, 5.74) is 3.86. The predicted molar refractivity (Wildman–Crippen MR) is 90.4 cm³/mol. The highest BCUT2D eigenvalue weighted by atomic mass is 16.2. The van der Waals surface area contributed by atoms with Crippen LogP contribution < -0.4 is 10.6 Å². The van der Waals surface area contributed by atoms with Gasteiger partial charge in [0.05, 0.1) is 5.41 Å². The van der Waals surface area contributed by atoms with Gasteiger partial charge in [-0.1, -0.05) is 24.3 Å². The highest BCUT2D eigenvalue weighted by Gasteiger charge is 2.38. The second-order valence-electron chi connectivity index (χ2n) is 6.45. The molecule has 0 saturated heterocycles. The van der Waals surface area contributed by atoms with Crippen LogP contribution in [0.4, 0.5) is 5.69 Å². The van der Waals surface area contributed by atoms with Crippen LogP contribution in [-0.4, -0.2) is 11.8 Å². The van der Waals surface area contributed by atoms with Gasteiger partial charge in [0.25, 0.3) is 5.91 Å². The summed E-state index contributed by atoms with van der Waals surface area (Å²) in [6.45, 7) is 6.24. The Hall–Kier alpha value is -2.62. The number of hydrogen-bond acceptors (Lipinski definition) is 2. The van der Waals surface area contributed by atoms with Gasteiger partial charge in [0.2, 0.25) is 5.91 Å². The van der Waals surface area contributed by atoms with Crippen LogP contribution in [0, 0.1) is 6.92 Å². The molecular formula is C19H20N2O2. The average Bonchev–Trinajstić information content (AvgIpc) is 2.76. The molecule has 1 aliphatic rings. The first-order chi connectivity index (χ1) is 10.9. The van der Waals surface area contributed by atoms with E-state index in [9.17, 15) is 9.59 Å². The fourth-order valence-electron chi connectivity index (χ4n) is 2.80. The number of hydrogen-bond donors (Lipinski definition) is 2. The van der Waals surface area contributed by atoms with Crippen molar-refractivity contribution in [3.63, 3.8) is 0 Å². The Kier molecular flexibility index (Phi) is 3.68. The molecule has 0 fully saturated rings. The topological polar surface area (TPSA) is 58.2 Å². The van der Waals surface area contributed by atoms with E-state index in [1.807, 2.05) is 45.0 Å². The van der Waals surface area contributed by atoms with E-state index in [-0.39, 0.29) is 11.8 Å². The van der Waals surface area contributed by atoms with Gasteiger partial charge in [0.15, 0.2) is 0 Å². The summed E-state index contributed by atoms with van der Waals surface area (Å²) < 4.78 is 0. The molecule has 4 nitrogen and oxygen atoms in total. The smallest absolute Gasteiger partial charge is 0.251 e. The quantitative estimate of drug-likeness (QED) is 0.915. The molecule has 4 heteroatoms. The van der Waals surface area contributed by atoms with Crippen molar-refractivity contribution in [1.82, 2.24) is 5.32 Å². The molecule has 2 aromatic carbocycles. The van der Waals surface area contributed by atoms with Gasteiger partial charge in [-0.2, -0.15) is 0 Å². The molecule has 0 spiro atoms. The van der Waals surface area contributed by atoms with Crippen LogP contribution in [0.15, 0.2) is 42.5 Å². The van der Waals surface area contributed by atoms with Crippen molar-refractivity contribution >= 4 is 17.5 Å². The molecule has 0 radical (unpaired) electrons. The lowest BCUT2D eigenvalue weighted by molar-refractivity contribution is -0.119. The molecule has 0 unspecified atom stereocenters. The van der Waals surface area contributed by atoms with Crippen molar-refractivity contribution in [3.05, 3.63) is 64.7 Å². The molecule has 0 bridgehead atoms. The standard InChI is InChI=1S/C19H20N2O2/c1-12-6-4-5-7-14(12)11-20-17(22)13-8-9-16-15(10-13)19(2,3)18(23)21-16/h4-10H,11H2,1-3H3,(H,20,22)(H,21,23). The highest BCUT2D eigenvalue weighted by Crippen LogP contribution is 2.37. The fourth-order valence-corrected chi connectivity index (χ4v) is 2.80. The molecular weight excluding hydrogens is 288 g/mol. The van der Waals surface area contributed by atoms with Crippen LogP contribution in [0.3, 0.4) is 0 Å². The van der Waals surface area contributed by atoms with Gasteiger partial charge in [0, 0.05) is 17.8 Å². The lowest BCUT2D eigenvalue weighted by atomic mass is 9.85. The minimum atomic E-state index is -0.609. The first-order valence-electron chi connectivity index (χ1n) is 7.68. The summed E-state index contributed by atoms with van der Waals surface area (Å²) in [5, 5.41) is 5.79. The van der Waals surface area contributed by atoms with E-state index >= 15 is 0 Å². The average molecular weight is 308 g/mol. The summed E-state index contributed by atoms with van der Waals surface area (Å²) in [6.07, 6.45) is 0. The number of nitrogens with one attached hydrogen (secondary N) is 2. The second-order valence-corrected chi connectivity index (χ2v) is 6.45. The van der Waals surface area contributed by atoms with Crippen LogP contribution in [0.25, 0.3) is 0 Å². The SMILES string of the molecule is Cc1ccccc1CNC(=O)c1ccc2c(c1)C(C)(C)C(=O)N2. The minimum absolute atomic E-state index is 0.0371. The largest absolute Gasteiger partial charge is 0.348 e. The van der Waals surface area contributed by atoms with Gasteiger partial charge in [-0.05, 0) is 55.7 Å². The highest BCUT2D eigenvalue weighted by molar-refractivity contribution is 6.07. The molecule has 0 saturated carbocycles. The van der Waals surface area contributed by atoms with Gasteiger partial charge in [-0.25, -0.2) is 0 Å². The van der Waals surface area contributed by atoms with Crippen molar-refractivity contribution in [2.75, 3.05) is 5.32 Å². The Labute approximate surface area is 135 Å². The molecule has 2 N–H and O–H groups in total. The fraction of sp³-hybridized carbons (Fsp3) is 0.263. The predicted octanol–water partition coefficient (Wildman–Crippen LogP) is 3.15. The molecule has 2 aromatic rings. The third-order valence-corrected chi connectivity index (χ3v) is 4.47. The van der Waals surface area contributed by atoms with Crippen LogP contribution >= 0.6 is 0 Å². The molecule has 3 rings (SSSR count). The van der Waals surface area contributed by atoms with Gasteiger partial charge in [-0.15, -0.1) is 0 Å². The van der Waals surface area contributed by atoms with Crippen LogP contribution in [0.1, 0.15) is 40.9 Å². The normalized spacial score (nSPS) is 15.0. The van der Waals surface area contributed by atoms with E-state index < -0.39 is 5.41 Å². The van der Waals surface area contributed by atoms with Crippen molar-refractivity contribution < 1.29 is 9.59 Å². The van der Waals surface area contributed by atoms with Crippen LogP contribution in [-0.2, 0) is 16.8 Å². The molecule has 1 aliphatic heterocycles. The zero-order valence-electron chi connectivity index (χ0n) is 13.6. The molecule has 0 aromatic heterocycles. The van der Waals surface area contributed by atoms with Crippen molar-refractivity contribution in [3.8, 4) is 0 Å². The molecule has 23 heavy (non-hydrogen) atoms. The van der Waals surface area contributed by atoms with Crippen molar-refractivity contribution in [2.45, 2.75) is 32.7 Å². The second kappa shape index (κ2) is 5.54. The van der Waals surface area contributed by atoms with E-state index in [1.54, 1.807) is 18.2 Å². The number of carbonyl (C=O) groups excluding carboxylic acids is 2. The van der Waals surface area contributed by atoms with E-state index in [0.717, 1.165) is 22.4 Å². The maximum atomic E-state index is 12.4. The number of rotatable bonds is 3. The Balaban J connectivity index is 1.78. The van der Waals surface area contributed by atoms with Gasteiger partial charge < -0.3 is 10.6 Å². The number of anilines is 1. The lowest BCUT2D eigenvalue weighted by Crippen LogP contribution is -2.27. The Morgan fingerprint density at radius 3 is 2.65 bits per heavy atom. The first-order valence-corrected chi connectivity index (χ1v) is 7.68. The van der Waals surface area contributed by atoms with Gasteiger partial charge in [0.1, 0.15) is 0 Å². The summed E-state index contributed by atoms with van der Waals surface area (Å²) in [7, 11) is 0. The Morgan fingerprint density at radius 1 is 1.17 bits per heavy atom. The molecule has 0 atom stereocenters. The summed E-state index contributed by atoms with van der Waals surface area (Å²) in [6, 6.07) is 13.3. The Bertz CT molecular complexity index is 794. The van der Waals surface area contributed by atoms with Crippen LogP contribution in [0.5, 0.6) is 0 Å². The summed E-state index contributed by atoms with van der Waals surface area (Å²) in [4.78, 5) is 24.4. The number of fused-ring (bicyclic) bond motifs is 1. The number of benzene rings is 2. The van der Waals surface area contributed by atoms with E-state index in [4.69, 9.17) is 0 Å². The summed E-state index contributed by atoms with van der Waals surface area (Å²) >= 11 is 0. The van der Waals surface area contributed by atoms with E-state index in [1.165, 1.54) is 0 Å². The number of amides is 2. The minimum Gasteiger partial charge on any atom is -0.348 e. The van der Waals surface area contributed by atoms with Crippen LogP contribution in [0.2, 0.25) is 0 Å². The number of carbonyl (C=O) groups is 2. The van der Waals surface area contributed by atoms with E-state index in [0.29, 0.717) is 12.1 Å². The molecule has 118 valence electrons. The molecule has 1 heterocycles. The monoisotopic (exact) mass is 308 g/mol.